The highest BCUT2D eigenvalue weighted by Gasteiger charge is 2.28. The largest absolute Gasteiger partial charge is 0.471 e. The summed E-state index contributed by atoms with van der Waals surface area (Å²) in [5.41, 5.74) is 2.52. The molecule has 1 fully saturated rings. The number of nitrogens with zero attached hydrogens (tertiary/aromatic N) is 2. The van der Waals surface area contributed by atoms with Crippen LogP contribution in [0.3, 0.4) is 0 Å². The number of rotatable bonds is 7. The minimum atomic E-state index is 0.110. The molecule has 3 rings (SSSR count). The van der Waals surface area contributed by atoms with Crippen LogP contribution in [0.2, 0.25) is 0 Å². The van der Waals surface area contributed by atoms with Crippen molar-refractivity contribution in [2.45, 2.75) is 58.9 Å². The summed E-state index contributed by atoms with van der Waals surface area (Å²) in [6, 6.07) is 6.32. The van der Waals surface area contributed by atoms with Crippen molar-refractivity contribution in [3.63, 3.8) is 0 Å². The maximum absolute atomic E-state index is 12.5. The molecule has 0 bridgehead atoms. The van der Waals surface area contributed by atoms with Gasteiger partial charge in [-0.15, -0.1) is 0 Å². The smallest absolute Gasteiger partial charge is 0.224 e. The van der Waals surface area contributed by atoms with E-state index < -0.39 is 0 Å². The number of hydrogen-bond donors (Lipinski definition) is 0. The Labute approximate surface area is 162 Å². The van der Waals surface area contributed by atoms with E-state index in [4.69, 9.17) is 4.42 Å². The van der Waals surface area contributed by atoms with Gasteiger partial charge in [0.1, 0.15) is 6.26 Å². The van der Waals surface area contributed by atoms with Gasteiger partial charge in [0, 0.05) is 43.4 Å². The molecule has 1 aromatic heterocycles. The number of allylic oxidation sites excluding steroid dienone is 1. The molecule has 2 heterocycles. The van der Waals surface area contributed by atoms with Crippen LogP contribution in [0.1, 0.15) is 52.9 Å². The molecule has 1 amide bonds. The molecule has 1 aliphatic rings. The molecule has 1 aromatic carbocycles. The summed E-state index contributed by atoms with van der Waals surface area (Å²) < 4.78 is 5.38. The first-order chi connectivity index (χ1) is 13.1. The standard InChI is InChI=1S/C23H32N2O2/c1-4-6-8-19(5-2)15-24-13-11-21(12-14-24)25(18(3)26)23-10-7-9-20-16-27-17-22(20)23/h7-10,16-17,21H,4-6,11-15H2,1-3H3. The maximum Gasteiger partial charge on any atom is 0.224 e. The van der Waals surface area contributed by atoms with Crippen molar-refractivity contribution in [1.82, 2.24) is 4.90 Å². The van der Waals surface area contributed by atoms with Crippen LogP contribution in [0.4, 0.5) is 5.69 Å². The van der Waals surface area contributed by atoms with Gasteiger partial charge in [-0.2, -0.15) is 0 Å². The fraction of sp³-hybridized carbons (Fsp3) is 0.522. The zero-order valence-electron chi connectivity index (χ0n) is 16.9. The average Bonchev–Trinajstić information content (AvgIpc) is 3.16. The molecule has 1 saturated heterocycles. The van der Waals surface area contributed by atoms with E-state index >= 15 is 0 Å². The number of amides is 1. The van der Waals surface area contributed by atoms with Crippen LogP contribution in [0, 0.1) is 0 Å². The molecular weight excluding hydrogens is 336 g/mol. The molecule has 0 atom stereocenters. The molecule has 0 radical (unpaired) electrons. The molecule has 0 unspecified atom stereocenters. The van der Waals surface area contributed by atoms with Crippen LogP contribution in [0.5, 0.6) is 0 Å². The molecule has 27 heavy (non-hydrogen) atoms. The van der Waals surface area contributed by atoms with Crippen molar-refractivity contribution >= 4 is 22.4 Å². The van der Waals surface area contributed by atoms with E-state index in [1.807, 2.05) is 23.1 Å². The second-order valence-corrected chi connectivity index (χ2v) is 7.55. The van der Waals surface area contributed by atoms with E-state index in [9.17, 15) is 4.79 Å². The zero-order valence-corrected chi connectivity index (χ0v) is 16.9. The number of carbonyl (C=O) groups excluding carboxylic acids is 1. The van der Waals surface area contributed by atoms with Gasteiger partial charge in [-0.3, -0.25) is 9.69 Å². The van der Waals surface area contributed by atoms with Crippen LogP contribution in [-0.4, -0.2) is 36.5 Å². The van der Waals surface area contributed by atoms with E-state index in [0.29, 0.717) is 0 Å². The van der Waals surface area contributed by atoms with E-state index in [1.54, 1.807) is 25.0 Å². The summed E-state index contributed by atoms with van der Waals surface area (Å²) in [4.78, 5) is 17.0. The Bertz CT molecular complexity index is 785. The SMILES string of the molecule is CCCC=C(CC)CN1CCC(N(C(C)=O)c2cccc3cocc23)CC1. The predicted octanol–water partition coefficient (Wildman–Crippen LogP) is 5.39. The number of piperidine rings is 1. The van der Waals surface area contributed by atoms with Crippen LogP contribution >= 0.6 is 0 Å². The van der Waals surface area contributed by atoms with Gasteiger partial charge in [0.05, 0.1) is 12.0 Å². The lowest BCUT2D eigenvalue weighted by atomic mass is 10.00. The maximum atomic E-state index is 12.5. The van der Waals surface area contributed by atoms with Gasteiger partial charge in [-0.25, -0.2) is 0 Å². The summed E-state index contributed by atoms with van der Waals surface area (Å²) in [5, 5.41) is 2.07. The number of fused-ring (bicyclic) bond motifs is 1. The quantitative estimate of drug-likeness (QED) is 0.615. The lowest BCUT2D eigenvalue weighted by molar-refractivity contribution is -0.117. The van der Waals surface area contributed by atoms with Gasteiger partial charge in [0.25, 0.3) is 0 Å². The third-order valence-corrected chi connectivity index (χ3v) is 5.62. The third kappa shape index (κ3) is 4.62. The van der Waals surface area contributed by atoms with Crippen molar-refractivity contribution < 1.29 is 9.21 Å². The van der Waals surface area contributed by atoms with Crippen molar-refractivity contribution in [3.05, 3.63) is 42.4 Å². The second-order valence-electron chi connectivity index (χ2n) is 7.55. The fourth-order valence-corrected chi connectivity index (χ4v) is 4.10. The Hall–Kier alpha value is -2.07. The molecule has 4 nitrogen and oxygen atoms in total. The number of hydrogen-bond acceptors (Lipinski definition) is 3. The van der Waals surface area contributed by atoms with Crippen molar-refractivity contribution in [2.24, 2.45) is 0 Å². The Balaban J connectivity index is 1.69. The molecule has 0 saturated carbocycles. The molecule has 0 spiro atoms. The number of furan rings is 1. The molecular formula is C23H32N2O2. The highest BCUT2D eigenvalue weighted by atomic mass is 16.3. The number of carbonyl (C=O) groups is 1. The van der Waals surface area contributed by atoms with Crippen LogP contribution in [0.25, 0.3) is 10.8 Å². The fourth-order valence-electron chi connectivity index (χ4n) is 4.10. The van der Waals surface area contributed by atoms with Gasteiger partial charge in [-0.1, -0.05) is 44.1 Å². The van der Waals surface area contributed by atoms with E-state index in [2.05, 4.69) is 24.8 Å². The third-order valence-electron chi connectivity index (χ3n) is 5.62. The minimum Gasteiger partial charge on any atom is -0.471 e. The number of benzene rings is 1. The van der Waals surface area contributed by atoms with E-state index in [1.165, 1.54) is 12.8 Å². The summed E-state index contributed by atoms with van der Waals surface area (Å²) in [5.74, 6) is 0.110. The zero-order chi connectivity index (χ0) is 19.2. The van der Waals surface area contributed by atoms with Gasteiger partial charge in [-0.05, 0) is 31.7 Å². The summed E-state index contributed by atoms with van der Waals surface area (Å²) in [7, 11) is 0. The van der Waals surface area contributed by atoms with Crippen molar-refractivity contribution in [2.75, 3.05) is 24.5 Å². The highest BCUT2D eigenvalue weighted by molar-refractivity contribution is 6.02. The van der Waals surface area contributed by atoms with Crippen LogP contribution in [-0.2, 0) is 4.79 Å². The number of anilines is 1. The molecule has 0 aliphatic carbocycles. The molecule has 2 aromatic rings. The molecule has 0 N–H and O–H groups in total. The summed E-state index contributed by atoms with van der Waals surface area (Å²) in [6.45, 7) is 9.30. The van der Waals surface area contributed by atoms with E-state index in [-0.39, 0.29) is 11.9 Å². The molecule has 146 valence electrons. The number of likely N-dealkylation sites (tertiary alicyclic amines) is 1. The van der Waals surface area contributed by atoms with E-state index in [0.717, 1.165) is 55.4 Å². The average molecular weight is 369 g/mol. The minimum absolute atomic E-state index is 0.110. The summed E-state index contributed by atoms with van der Waals surface area (Å²) in [6.07, 6.45) is 11.4. The monoisotopic (exact) mass is 368 g/mol. The van der Waals surface area contributed by atoms with Crippen molar-refractivity contribution in [3.8, 4) is 0 Å². The first kappa shape index (κ1) is 19.7. The Morgan fingerprint density at radius 1 is 1.26 bits per heavy atom. The predicted molar refractivity (Wildman–Crippen MR) is 112 cm³/mol. The molecule has 4 heteroatoms. The Kier molecular flexibility index (Phi) is 6.73. The van der Waals surface area contributed by atoms with Gasteiger partial charge in [0.2, 0.25) is 5.91 Å². The highest BCUT2D eigenvalue weighted by Crippen LogP contribution is 2.31. The summed E-state index contributed by atoms with van der Waals surface area (Å²) >= 11 is 0. The van der Waals surface area contributed by atoms with Crippen molar-refractivity contribution in [1.29, 1.82) is 0 Å². The van der Waals surface area contributed by atoms with Gasteiger partial charge in [0.15, 0.2) is 0 Å². The first-order valence-corrected chi connectivity index (χ1v) is 10.3. The lowest BCUT2D eigenvalue weighted by Gasteiger charge is -2.38. The topological polar surface area (TPSA) is 36.7 Å². The number of unbranched alkanes of at least 4 members (excludes halogenated alkanes) is 1. The lowest BCUT2D eigenvalue weighted by Crippen LogP contribution is -2.47. The Morgan fingerprint density at radius 2 is 2.04 bits per heavy atom. The van der Waals surface area contributed by atoms with Gasteiger partial charge >= 0.3 is 0 Å². The van der Waals surface area contributed by atoms with Crippen LogP contribution < -0.4 is 4.90 Å². The second kappa shape index (κ2) is 9.23. The first-order valence-electron chi connectivity index (χ1n) is 10.3. The Morgan fingerprint density at radius 3 is 2.70 bits per heavy atom. The normalized spacial score (nSPS) is 16.8. The molecule has 1 aliphatic heterocycles. The van der Waals surface area contributed by atoms with Gasteiger partial charge < -0.3 is 9.32 Å². The van der Waals surface area contributed by atoms with Crippen LogP contribution in [0.15, 0.2) is 46.8 Å².